The molecule has 3 nitrogen and oxygen atoms in total. The van der Waals surface area contributed by atoms with Gasteiger partial charge in [-0.15, -0.1) is 11.3 Å². The Labute approximate surface area is 157 Å². The van der Waals surface area contributed by atoms with Crippen LogP contribution >= 0.6 is 27.3 Å². The van der Waals surface area contributed by atoms with Gasteiger partial charge in [0.1, 0.15) is 10.6 Å². The number of hydrogen-bond acceptors (Lipinski definition) is 4. The van der Waals surface area contributed by atoms with Gasteiger partial charge in [-0.1, -0.05) is 53.2 Å². The number of halogens is 1. The van der Waals surface area contributed by atoms with E-state index in [4.69, 9.17) is 9.40 Å². The van der Waals surface area contributed by atoms with Crippen LogP contribution in [0.4, 0.5) is 0 Å². The highest BCUT2D eigenvalue weighted by atomic mass is 79.9. The predicted octanol–water partition coefficient (Wildman–Crippen LogP) is 5.91. The normalized spacial score (nSPS) is 11.1. The van der Waals surface area contributed by atoms with Crippen LogP contribution in [0.5, 0.6) is 0 Å². The molecule has 25 heavy (non-hydrogen) atoms. The van der Waals surface area contributed by atoms with E-state index in [0.29, 0.717) is 16.2 Å². The molecule has 5 heteroatoms. The summed E-state index contributed by atoms with van der Waals surface area (Å²) in [6.45, 7) is 2.10. The molecule has 2 heterocycles. The van der Waals surface area contributed by atoms with Crippen LogP contribution in [0.15, 0.2) is 68.3 Å². The molecule has 2 aromatic heterocycles. The van der Waals surface area contributed by atoms with E-state index < -0.39 is 0 Å². The topological polar surface area (TPSA) is 43.1 Å². The van der Waals surface area contributed by atoms with Crippen molar-refractivity contribution < 1.29 is 4.42 Å². The van der Waals surface area contributed by atoms with Crippen molar-refractivity contribution in [3.8, 4) is 21.8 Å². The number of fused-ring (bicyclic) bond motifs is 1. The van der Waals surface area contributed by atoms with E-state index >= 15 is 0 Å². The molecule has 0 atom stereocenters. The minimum Gasteiger partial charge on any atom is -0.422 e. The van der Waals surface area contributed by atoms with Crippen LogP contribution in [0, 0.1) is 0 Å². The fourth-order valence-corrected chi connectivity index (χ4v) is 4.04. The van der Waals surface area contributed by atoms with Crippen molar-refractivity contribution in [3.05, 3.63) is 74.4 Å². The first-order valence-corrected chi connectivity index (χ1v) is 9.55. The molecule has 0 amide bonds. The van der Waals surface area contributed by atoms with Crippen LogP contribution in [0.1, 0.15) is 11.8 Å². The predicted molar refractivity (Wildman–Crippen MR) is 106 cm³/mol. The van der Waals surface area contributed by atoms with Crippen molar-refractivity contribution in [3.63, 3.8) is 0 Å². The largest absolute Gasteiger partial charge is 0.422 e. The summed E-state index contributed by atoms with van der Waals surface area (Å²) in [5, 5.41) is 1.60. The third-order valence-corrected chi connectivity index (χ3v) is 5.77. The van der Waals surface area contributed by atoms with E-state index in [9.17, 15) is 4.79 Å². The number of benzene rings is 2. The van der Waals surface area contributed by atoms with Gasteiger partial charge in [0.15, 0.2) is 0 Å². The lowest BCUT2D eigenvalue weighted by molar-refractivity contribution is 0.563. The molecule has 0 aliphatic rings. The Bertz CT molecular complexity index is 1110. The zero-order valence-electron chi connectivity index (χ0n) is 13.5. The van der Waals surface area contributed by atoms with E-state index in [1.807, 2.05) is 48.5 Å². The maximum absolute atomic E-state index is 12.4. The maximum atomic E-state index is 12.4. The summed E-state index contributed by atoms with van der Waals surface area (Å²) in [7, 11) is 0. The van der Waals surface area contributed by atoms with Gasteiger partial charge in [0.2, 0.25) is 0 Å². The number of nitrogens with zero attached hydrogens (tertiary/aromatic N) is 1. The molecule has 0 unspecified atom stereocenters. The zero-order valence-corrected chi connectivity index (χ0v) is 15.9. The van der Waals surface area contributed by atoms with Crippen LogP contribution in [0.2, 0.25) is 0 Å². The molecular formula is C20H14BrNO2S. The van der Waals surface area contributed by atoms with Crippen LogP contribution in [0.25, 0.3) is 32.8 Å². The third-order valence-electron chi connectivity index (χ3n) is 4.01. The van der Waals surface area contributed by atoms with Gasteiger partial charge < -0.3 is 4.42 Å². The molecule has 0 saturated heterocycles. The molecule has 0 saturated carbocycles. The molecule has 0 aliphatic heterocycles. The fourth-order valence-electron chi connectivity index (χ4n) is 2.75. The fraction of sp³-hybridized carbons (Fsp3) is 0.100. The van der Waals surface area contributed by atoms with Gasteiger partial charge in [0, 0.05) is 20.3 Å². The van der Waals surface area contributed by atoms with Crippen LogP contribution in [-0.4, -0.2) is 4.98 Å². The Hall–Kier alpha value is -2.24. The highest BCUT2D eigenvalue weighted by Crippen LogP contribution is 2.34. The number of thiazole rings is 1. The Morgan fingerprint density at radius 1 is 1.12 bits per heavy atom. The summed E-state index contributed by atoms with van der Waals surface area (Å²) in [4.78, 5) is 18.3. The first-order chi connectivity index (χ1) is 12.2. The van der Waals surface area contributed by atoms with Crippen molar-refractivity contribution in [2.45, 2.75) is 13.3 Å². The molecular weight excluding hydrogens is 398 g/mol. The molecule has 4 rings (SSSR count). The summed E-state index contributed by atoms with van der Waals surface area (Å²) < 4.78 is 6.48. The van der Waals surface area contributed by atoms with Crippen LogP contribution in [-0.2, 0) is 6.42 Å². The van der Waals surface area contributed by atoms with Gasteiger partial charge in [-0.3, -0.25) is 0 Å². The van der Waals surface area contributed by atoms with Crippen molar-refractivity contribution in [2.24, 2.45) is 0 Å². The SMILES string of the molecule is CCc1sc(-c2cc3ccccc3oc2=O)nc1-c1ccc(Br)cc1. The monoisotopic (exact) mass is 411 g/mol. The van der Waals surface area contributed by atoms with E-state index in [1.54, 1.807) is 17.4 Å². The van der Waals surface area contributed by atoms with E-state index in [0.717, 1.165) is 32.4 Å². The molecule has 4 aromatic rings. The Morgan fingerprint density at radius 2 is 1.88 bits per heavy atom. The number of aryl methyl sites for hydroxylation is 1. The summed E-state index contributed by atoms with van der Waals surface area (Å²) in [5.41, 5.74) is 2.74. The van der Waals surface area contributed by atoms with E-state index in [1.165, 1.54) is 0 Å². The van der Waals surface area contributed by atoms with Gasteiger partial charge in [-0.2, -0.15) is 0 Å². The lowest BCUT2D eigenvalue weighted by Gasteiger charge is -2.00. The van der Waals surface area contributed by atoms with Gasteiger partial charge in [0.25, 0.3) is 0 Å². The first-order valence-electron chi connectivity index (χ1n) is 7.94. The first kappa shape index (κ1) is 16.2. The second-order valence-corrected chi connectivity index (χ2v) is 7.64. The summed E-state index contributed by atoms with van der Waals surface area (Å²) >= 11 is 5.01. The minimum atomic E-state index is -0.350. The summed E-state index contributed by atoms with van der Waals surface area (Å²) in [6, 6.07) is 17.4. The van der Waals surface area contributed by atoms with Gasteiger partial charge in [0.05, 0.1) is 11.3 Å². The Kier molecular flexibility index (Phi) is 4.27. The number of hydrogen-bond donors (Lipinski definition) is 0. The number of para-hydroxylation sites is 1. The van der Waals surface area contributed by atoms with Gasteiger partial charge >= 0.3 is 5.63 Å². The lowest BCUT2D eigenvalue weighted by Crippen LogP contribution is -2.02. The van der Waals surface area contributed by atoms with Crippen molar-refractivity contribution >= 4 is 38.2 Å². The van der Waals surface area contributed by atoms with Crippen molar-refractivity contribution in [1.82, 2.24) is 4.98 Å². The second kappa shape index (κ2) is 6.58. The van der Waals surface area contributed by atoms with Gasteiger partial charge in [-0.25, -0.2) is 9.78 Å². The van der Waals surface area contributed by atoms with Crippen molar-refractivity contribution in [2.75, 3.05) is 0 Å². The smallest absolute Gasteiger partial charge is 0.346 e. The molecule has 0 bridgehead atoms. The van der Waals surface area contributed by atoms with Crippen LogP contribution < -0.4 is 5.63 Å². The molecule has 124 valence electrons. The molecule has 2 aromatic carbocycles. The highest BCUT2D eigenvalue weighted by molar-refractivity contribution is 9.10. The standard InChI is InChI=1S/C20H14BrNO2S/c1-2-17-18(12-7-9-14(21)10-8-12)22-19(25-17)15-11-13-5-3-4-6-16(13)24-20(15)23/h3-11H,2H2,1H3. The quantitative estimate of drug-likeness (QED) is 0.393. The average molecular weight is 412 g/mol. The Balaban J connectivity index is 1.88. The molecule has 0 N–H and O–H groups in total. The summed E-state index contributed by atoms with van der Waals surface area (Å²) in [5.74, 6) is 0. The highest BCUT2D eigenvalue weighted by Gasteiger charge is 2.16. The lowest BCUT2D eigenvalue weighted by atomic mass is 10.1. The van der Waals surface area contributed by atoms with Gasteiger partial charge in [-0.05, 0) is 30.7 Å². The van der Waals surface area contributed by atoms with E-state index in [2.05, 4.69) is 22.9 Å². The maximum Gasteiger partial charge on any atom is 0.346 e. The minimum absolute atomic E-state index is 0.350. The molecule has 0 spiro atoms. The Morgan fingerprint density at radius 3 is 2.64 bits per heavy atom. The van der Waals surface area contributed by atoms with Crippen molar-refractivity contribution in [1.29, 1.82) is 0 Å². The molecule has 0 fully saturated rings. The molecule has 0 radical (unpaired) electrons. The van der Waals surface area contributed by atoms with Crippen LogP contribution in [0.3, 0.4) is 0 Å². The molecule has 0 aliphatic carbocycles. The summed E-state index contributed by atoms with van der Waals surface area (Å²) in [6.07, 6.45) is 0.863. The zero-order chi connectivity index (χ0) is 17.4. The number of rotatable bonds is 3. The van der Waals surface area contributed by atoms with E-state index in [-0.39, 0.29) is 5.63 Å². The average Bonchev–Trinajstić information content (AvgIpc) is 3.06. The second-order valence-electron chi connectivity index (χ2n) is 5.64. The number of aromatic nitrogens is 1. The third kappa shape index (κ3) is 3.05.